The number of Topliss-reactive ketones (excluding diaryl/α,β-unsaturated/α-hetero) is 1. The first-order valence-electron chi connectivity index (χ1n) is 15.5. The molecule has 0 radical (unpaired) electrons. The van der Waals surface area contributed by atoms with Crippen molar-refractivity contribution in [2.45, 2.75) is 92.1 Å². The molecule has 4 N–H and O–H groups in total. The third-order valence-electron chi connectivity index (χ3n) is 8.42. The number of pyridine rings is 1. The zero-order valence-corrected chi connectivity index (χ0v) is 28.1. The molecule has 1 aliphatic heterocycles. The van der Waals surface area contributed by atoms with Gasteiger partial charge in [0.05, 0.1) is 6.54 Å². The molecule has 5 atom stereocenters. The molecule has 5 amide bonds. The summed E-state index contributed by atoms with van der Waals surface area (Å²) < 4.78 is 5.40. The molecule has 0 bridgehead atoms. The monoisotopic (exact) mass is 640 g/mol. The van der Waals surface area contributed by atoms with Crippen LogP contribution in [0.3, 0.4) is 0 Å². The topological polar surface area (TPSA) is 176 Å². The number of fused-ring (bicyclic) bond motifs is 1. The van der Waals surface area contributed by atoms with Crippen molar-refractivity contribution < 1.29 is 33.5 Å². The van der Waals surface area contributed by atoms with Gasteiger partial charge in [0.1, 0.15) is 23.7 Å². The van der Waals surface area contributed by atoms with E-state index in [1.165, 1.54) is 11.0 Å². The lowest BCUT2D eigenvalue weighted by Gasteiger charge is -2.38. The predicted octanol–water partition coefficient (Wildman–Crippen LogP) is 1.87. The quantitative estimate of drug-likeness (QED) is 0.198. The molecule has 2 heterocycles. The number of aromatic nitrogens is 1. The Hall–Kier alpha value is -4.29. The van der Waals surface area contributed by atoms with Crippen LogP contribution in [0.2, 0.25) is 0 Å². The maximum Gasteiger partial charge on any atom is 0.408 e. The molecule has 1 aromatic heterocycles. The summed E-state index contributed by atoms with van der Waals surface area (Å²) in [6, 6.07) is 0.311. The van der Waals surface area contributed by atoms with Gasteiger partial charge in [-0.25, -0.2) is 4.79 Å². The summed E-state index contributed by atoms with van der Waals surface area (Å²) in [5, 5.41) is 10.3. The number of nitrogens with zero attached hydrogens (tertiary/aromatic N) is 2. The van der Waals surface area contributed by atoms with Crippen molar-refractivity contribution in [3.63, 3.8) is 0 Å². The number of ether oxygens (including phenoxy) is 1. The Morgan fingerprint density at radius 2 is 1.76 bits per heavy atom. The van der Waals surface area contributed by atoms with Crippen molar-refractivity contribution in [3.05, 3.63) is 42.7 Å². The standard InChI is InChI=1S/C33H48N6O7/c1-10-12-21(25(41)28(43)36-17-22(40)35-16-19-13-11-14-34-15-19)37-27(42)24-23-20(33(23,8)9)18-39(24)29(44)26(31(2,3)4)38-30(45)46-32(5,6)7/h10-11,13-15,20-21,23-24,26H,1,12,16-18H2,2-9H3,(H,35,40)(H,36,43)(H,37,42)(H,38,45)/t20-,21?,23-,24-,26?/m0/s1. The number of amides is 5. The molecule has 2 aliphatic rings. The van der Waals surface area contributed by atoms with E-state index in [0.29, 0.717) is 6.54 Å². The van der Waals surface area contributed by atoms with E-state index in [1.54, 1.807) is 66.1 Å². The van der Waals surface area contributed by atoms with Gasteiger partial charge in [0.15, 0.2) is 0 Å². The number of ketones is 1. The van der Waals surface area contributed by atoms with Crippen molar-refractivity contribution in [2.24, 2.45) is 22.7 Å². The molecule has 3 rings (SSSR count). The number of likely N-dealkylation sites (tertiary alicyclic amines) is 1. The van der Waals surface area contributed by atoms with Crippen molar-refractivity contribution >= 4 is 35.5 Å². The molecule has 0 spiro atoms. The number of carbonyl (C=O) groups is 6. The van der Waals surface area contributed by atoms with Crippen molar-refractivity contribution in [1.29, 1.82) is 0 Å². The van der Waals surface area contributed by atoms with Gasteiger partial charge in [-0.1, -0.05) is 46.8 Å². The molecule has 13 nitrogen and oxygen atoms in total. The molecule has 252 valence electrons. The van der Waals surface area contributed by atoms with E-state index in [1.807, 2.05) is 13.8 Å². The summed E-state index contributed by atoms with van der Waals surface area (Å²) in [4.78, 5) is 84.1. The lowest BCUT2D eigenvalue weighted by Crippen LogP contribution is -2.60. The Kier molecular flexibility index (Phi) is 11.0. The highest BCUT2D eigenvalue weighted by Gasteiger charge is 2.70. The highest BCUT2D eigenvalue weighted by atomic mass is 16.6. The van der Waals surface area contributed by atoms with Gasteiger partial charge in [0.2, 0.25) is 23.5 Å². The lowest BCUT2D eigenvalue weighted by atomic mass is 9.85. The van der Waals surface area contributed by atoms with Crippen molar-refractivity contribution in [1.82, 2.24) is 31.2 Å². The molecule has 1 aromatic rings. The average molecular weight is 641 g/mol. The van der Waals surface area contributed by atoms with Crippen molar-refractivity contribution in [2.75, 3.05) is 13.1 Å². The first-order chi connectivity index (χ1) is 21.3. The first kappa shape index (κ1) is 36.2. The molecule has 2 unspecified atom stereocenters. The van der Waals surface area contributed by atoms with E-state index in [0.717, 1.165) is 5.56 Å². The number of rotatable bonds is 12. The summed E-state index contributed by atoms with van der Waals surface area (Å²) in [6.07, 6.45) is 3.80. The van der Waals surface area contributed by atoms with Crippen LogP contribution >= 0.6 is 0 Å². The molecule has 1 aliphatic carbocycles. The molecule has 1 saturated carbocycles. The minimum Gasteiger partial charge on any atom is -0.444 e. The van der Waals surface area contributed by atoms with Crippen LogP contribution in [0.1, 0.15) is 67.4 Å². The van der Waals surface area contributed by atoms with Crippen LogP contribution in [0, 0.1) is 22.7 Å². The average Bonchev–Trinajstić information content (AvgIpc) is 3.27. The molecular weight excluding hydrogens is 592 g/mol. The van der Waals surface area contributed by atoms with Gasteiger partial charge in [0.25, 0.3) is 5.91 Å². The highest BCUT2D eigenvalue weighted by molar-refractivity contribution is 6.38. The minimum absolute atomic E-state index is 0.0383. The zero-order chi connectivity index (χ0) is 34.6. The van der Waals surface area contributed by atoms with E-state index < -0.39 is 71.2 Å². The fourth-order valence-corrected chi connectivity index (χ4v) is 5.88. The summed E-state index contributed by atoms with van der Waals surface area (Å²) in [7, 11) is 0. The molecule has 13 heteroatoms. The second kappa shape index (κ2) is 14.0. The van der Waals surface area contributed by atoms with Gasteiger partial charge in [-0.15, -0.1) is 6.58 Å². The van der Waals surface area contributed by atoms with Crippen LogP contribution in [-0.4, -0.2) is 82.2 Å². The van der Waals surface area contributed by atoms with E-state index in [2.05, 4.69) is 32.8 Å². The fraction of sp³-hybridized carbons (Fsp3) is 0.606. The lowest BCUT2D eigenvalue weighted by molar-refractivity contribution is -0.145. The molecule has 1 saturated heterocycles. The second-order valence-electron chi connectivity index (χ2n) is 14.6. The van der Waals surface area contributed by atoms with Crippen LogP contribution in [0.5, 0.6) is 0 Å². The van der Waals surface area contributed by atoms with Gasteiger partial charge in [-0.2, -0.15) is 0 Å². The third kappa shape index (κ3) is 8.91. The number of piperidine rings is 1. The largest absolute Gasteiger partial charge is 0.444 e. The van der Waals surface area contributed by atoms with Crippen LogP contribution in [0.15, 0.2) is 37.2 Å². The third-order valence-corrected chi connectivity index (χ3v) is 8.42. The van der Waals surface area contributed by atoms with Gasteiger partial charge < -0.3 is 30.9 Å². The van der Waals surface area contributed by atoms with E-state index in [-0.39, 0.29) is 30.2 Å². The van der Waals surface area contributed by atoms with Crippen LogP contribution < -0.4 is 21.3 Å². The summed E-state index contributed by atoms with van der Waals surface area (Å²) in [6.45, 7) is 18.3. The van der Waals surface area contributed by atoms with Gasteiger partial charge in [-0.05, 0) is 61.5 Å². The highest BCUT2D eigenvalue weighted by Crippen LogP contribution is 2.65. The van der Waals surface area contributed by atoms with Gasteiger partial charge in [-0.3, -0.25) is 29.0 Å². The maximum absolute atomic E-state index is 14.0. The number of hydrogen-bond donors (Lipinski definition) is 4. The molecule has 0 aromatic carbocycles. The van der Waals surface area contributed by atoms with E-state index in [9.17, 15) is 28.8 Å². The van der Waals surface area contributed by atoms with Crippen LogP contribution in [0.4, 0.5) is 4.79 Å². The van der Waals surface area contributed by atoms with E-state index in [4.69, 9.17) is 4.74 Å². The maximum atomic E-state index is 14.0. The Morgan fingerprint density at radius 1 is 1.09 bits per heavy atom. The number of nitrogens with one attached hydrogen (secondary N) is 4. The predicted molar refractivity (Wildman–Crippen MR) is 170 cm³/mol. The second-order valence-corrected chi connectivity index (χ2v) is 14.6. The first-order valence-corrected chi connectivity index (χ1v) is 15.5. The van der Waals surface area contributed by atoms with Crippen LogP contribution in [0.25, 0.3) is 0 Å². The van der Waals surface area contributed by atoms with Gasteiger partial charge >= 0.3 is 6.09 Å². The Morgan fingerprint density at radius 3 is 2.33 bits per heavy atom. The van der Waals surface area contributed by atoms with Crippen LogP contribution in [-0.2, 0) is 35.3 Å². The molecule has 2 fully saturated rings. The summed E-state index contributed by atoms with van der Waals surface area (Å²) in [5.74, 6) is -3.67. The smallest absolute Gasteiger partial charge is 0.408 e. The Labute approximate surface area is 270 Å². The number of alkyl carbamates (subject to hydrolysis) is 1. The zero-order valence-electron chi connectivity index (χ0n) is 28.1. The SMILES string of the molecule is C=CCC(NC(=O)[C@@H]1[C@@H]2[C@H](CN1C(=O)C(NC(=O)OC(C)(C)C)C(C)(C)C)C2(C)C)C(=O)C(=O)NCC(=O)NCc1cccnc1. The van der Waals surface area contributed by atoms with Gasteiger partial charge in [0, 0.05) is 25.5 Å². The normalized spacial score (nSPS) is 21.1. The minimum atomic E-state index is -1.26. The number of hydrogen-bond acceptors (Lipinski definition) is 8. The summed E-state index contributed by atoms with van der Waals surface area (Å²) in [5.41, 5.74) is -0.962. The van der Waals surface area contributed by atoms with Crippen molar-refractivity contribution in [3.8, 4) is 0 Å². The molecule has 46 heavy (non-hydrogen) atoms. The Balaban J connectivity index is 1.70. The Bertz CT molecular complexity index is 1350. The fourth-order valence-electron chi connectivity index (χ4n) is 5.88. The summed E-state index contributed by atoms with van der Waals surface area (Å²) >= 11 is 0. The van der Waals surface area contributed by atoms with E-state index >= 15 is 0 Å². The molecular formula is C33H48N6O7. The number of carbonyl (C=O) groups excluding carboxylic acids is 6.